The number of aryl methyl sites for hydroxylation is 1. The van der Waals surface area contributed by atoms with Gasteiger partial charge in [0.25, 0.3) is 0 Å². The van der Waals surface area contributed by atoms with Gasteiger partial charge in [0.15, 0.2) is 0 Å². The zero-order valence-electron chi connectivity index (χ0n) is 14.9. The first kappa shape index (κ1) is 16.2. The molecule has 0 aliphatic carbocycles. The van der Waals surface area contributed by atoms with Crippen molar-refractivity contribution in [1.29, 1.82) is 0 Å². The van der Waals surface area contributed by atoms with E-state index in [9.17, 15) is 0 Å². The lowest BCUT2D eigenvalue weighted by atomic mass is 10.1. The molecule has 0 spiro atoms. The largest absolute Gasteiger partial charge is 0.497 e. The van der Waals surface area contributed by atoms with Crippen LogP contribution in [0.3, 0.4) is 0 Å². The number of anilines is 2. The van der Waals surface area contributed by atoms with E-state index < -0.39 is 0 Å². The third-order valence-electron chi connectivity index (χ3n) is 4.43. The highest BCUT2D eigenvalue weighted by Gasteiger charge is 2.08. The highest BCUT2D eigenvalue weighted by atomic mass is 16.5. The lowest BCUT2D eigenvalue weighted by molar-refractivity contribution is 0.415. The van der Waals surface area contributed by atoms with Crippen molar-refractivity contribution in [1.82, 2.24) is 4.98 Å². The first-order chi connectivity index (χ1) is 12.7. The Morgan fingerprint density at radius 2 is 1.58 bits per heavy atom. The topological polar surface area (TPSA) is 34.1 Å². The fourth-order valence-corrected chi connectivity index (χ4v) is 2.98. The molecule has 0 fully saturated rings. The van der Waals surface area contributed by atoms with Crippen molar-refractivity contribution in [3.63, 3.8) is 0 Å². The van der Waals surface area contributed by atoms with Gasteiger partial charge >= 0.3 is 0 Å². The predicted molar refractivity (Wildman–Crippen MR) is 108 cm³/mol. The summed E-state index contributed by atoms with van der Waals surface area (Å²) in [5.74, 6) is 0.840. The molecule has 1 aromatic heterocycles. The number of methoxy groups -OCH3 is 1. The molecule has 1 heterocycles. The van der Waals surface area contributed by atoms with Crippen LogP contribution in [0.25, 0.3) is 22.2 Å². The number of hydrogen-bond acceptors (Lipinski definition) is 3. The molecule has 128 valence electrons. The number of rotatable bonds is 4. The molecule has 4 aromatic rings. The van der Waals surface area contributed by atoms with E-state index in [1.54, 1.807) is 7.11 Å². The van der Waals surface area contributed by atoms with Crippen molar-refractivity contribution in [2.75, 3.05) is 12.4 Å². The average molecular weight is 340 g/mol. The zero-order chi connectivity index (χ0) is 17.9. The molecular weight excluding hydrogens is 320 g/mol. The molecule has 0 bridgehead atoms. The van der Waals surface area contributed by atoms with Gasteiger partial charge in [-0.3, -0.25) is 0 Å². The highest BCUT2D eigenvalue weighted by molar-refractivity contribution is 5.95. The second-order valence-electron chi connectivity index (χ2n) is 6.29. The van der Waals surface area contributed by atoms with Crippen LogP contribution in [-0.2, 0) is 0 Å². The van der Waals surface area contributed by atoms with Gasteiger partial charge in [0.05, 0.1) is 24.0 Å². The number of fused-ring (bicyclic) bond motifs is 1. The summed E-state index contributed by atoms with van der Waals surface area (Å²) in [6.07, 6.45) is 0. The molecule has 26 heavy (non-hydrogen) atoms. The molecule has 0 radical (unpaired) electrons. The van der Waals surface area contributed by atoms with Crippen LogP contribution < -0.4 is 10.1 Å². The molecular formula is C23H20N2O. The summed E-state index contributed by atoms with van der Waals surface area (Å²) in [6.45, 7) is 2.09. The summed E-state index contributed by atoms with van der Waals surface area (Å²) in [6, 6.07) is 26.7. The van der Waals surface area contributed by atoms with Crippen molar-refractivity contribution in [2.45, 2.75) is 6.92 Å². The first-order valence-electron chi connectivity index (χ1n) is 8.61. The number of aromatic nitrogens is 1. The van der Waals surface area contributed by atoms with Crippen LogP contribution in [0, 0.1) is 6.92 Å². The summed E-state index contributed by atoms with van der Waals surface area (Å²) >= 11 is 0. The van der Waals surface area contributed by atoms with Crippen LogP contribution in [0.15, 0.2) is 78.9 Å². The van der Waals surface area contributed by atoms with Crippen LogP contribution in [0.5, 0.6) is 5.75 Å². The Hall–Kier alpha value is -3.33. The predicted octanol–water partition coefficient (Wildman–Crippen LogP) is 5.96. The maximum Gasteiger partial charge on any atom is 0.118 e. The van der Waals surface area contributed by atoms with Gasteiger partial charge in [0, 0.05) is 16.6 Å². The Morgan fingerprint density at radius 1 is 0.846 bits per heavy atom. The lowest BCUT2D eigenvalue weighted by Gasteiger charge is -2.13. The molecule has 3 heteroatoms. The molecule has 0 saturated heterocycles. The summed E-state index contributed by atoms with van der Waals surface area (Å²) < 4.78 is 5.25. The fraction of sp³-hybridized carbons (Fsp3) is 0.0870. The van der Waals surface area contributed by atoms with Crippen molar-refractivity contribution >= 4 is 22.3 Å². The summed E-state index contributed by atoms with van der Waals surface area (Å²) in [7, 11) is 1.67. The Morgan fingerprint density at radius 3 is 2.31 bits per heavy atom. The van der Waals surface area contributed by atoms with E-state index in [1.807, 2.05) is 42.5 Å². The van der Waals surface area contributed by atoms with Crippen LogP contribution in [0.1, 0.15) is 5.56 Å². The number of para-hydroxylation sites is 1. The van der Waals surface area contributed by atoms with E-state index in [0.717, 1.165) is 39.3 Å². The average Bonchev–Trinajstić information content (AvgIpc) is 2.69. The van der Waals surface area contributed by atoms with Crippen LogP contribution >= 0.6 is 0 Å². The maximum absolute atomic E-state index is 5.25. The van der Waals surface area contributed by atoms with Crippen molar-refractivity contribution in [3.05, 3.63) is 84.4 Å². The number of nitrogens with zero attached hydrogens (tertiary/aromatic N) is 1. The molecule has 3 nitrogen and oxygen atoms in total. The Labute approximate surface area is 153 Å². The molecule has 0 amide bonds. The third kappa shape index (κ3) is 3.24. The minimum atomic E-state index is 0.840. The minimum Gasteiger partial charge on any atom is -0.497 e. The van der Waals surface area contributed by atoms with Gasteiger partial charge in [0.2, 0.25) is 0 Å². The minimum absolute atomic E-state index is 0.840. The number of ether oxygens (including phenoxy) is 1. The SMILES string of the molecule is COc1ccc(-c2cc(Nc3ccc(C)cc3)c3ccccc3n2)cc1. The maximum atomic E-state index is 5.25. The molecule has 0 aliphatic heterocycles. The second-order valence-corrected chi connectivity index (χ2v) is 6.29. The lowest BCUT2D eigenvalue weighted by Crippen LogP contribution is -1.95. The third-order valence-corrected chi connectivity index (χ3v) is 4.43. The summed E-state index contributed by atoms with van der Waals surface area (Å²) in [5, 5.41) is 4.64. The van der Waals surface area contributed by atoms with Crippen LogP contribution in [-0.4, -0.2) is 12.1 Å². The van der Waals surface area contributed by atoms with Crippen molar-refractivity contribution in [3.8, 4) is 17.0 Å². The molecule has 1 N–H and O–H groups in total. The van der Waals surface area contributed by atoms with Crippen LogP contribution in [0.4, 0.5) is 11.4 Å². The Balaban J connectivity index is 1.80. The molecule has 0 saturated carbocycles. The molecule has 0 atom stereocenters. The fourth-order valence-electron chi connectivity index (χ4n) is 2.98. The van der Waals surface area contributed by atoms with E-state index in [-0.39, 0.29) is 0 Å². The van der Waals surface area contributed by atoms with Gasteiger partial charge in [-0.1, -0.05) is 35.9 Å². The zero-order valence-corrected chi connectivity index (χ0v) is 14.9. The quantitative estimate of drug-likeness (QED) is 0.497. The molecule has 4 rings (SSSR count). The van der Waals surface area contributed by atoms with Gasteiger partial charge in [-0.2, -0.15) is 0 Å². The standard InChI is InChI=1S/C23H20N2O/c1-16-7-11-18(12-8-16)24-23-15-22(17-9-13-19(26-2)14-10-17)25-21-6-4-3-5-20(21)23/h3-15H,1-2H3,(H,24,25). The Kier molecular flexibility index (Phi) is 4.28. The van der Waals surface area contributed by atoms with Crippen LogP contribution in [0.2, 0.25) is 0 Å². The smallest absolute Gasteiger partial charge is 0.118 e. The van der Waals surface area contributed by atoms with E-state index in [1.165, 1.54) is 5.56 Å². The van der Waals surface area contributed by atoms with Gasteiger partial charge in [-0.05, 0) is 55.5 Å². The Bertz CT molecular complexity index is 1040. The number of hydrogen-bond donors (Lipinski definition) is 1. The number of nitrogens with one attached hydrogen (secondary N) is 1. The van der Waals surface area contributed by atoms with Gasteiger partial charge < -0.3 is 10.1 Å². The second kappa shape index (κ2) is 6.89. The molecule has 0 unspecified atom stereocenters. The monoisotopic (exact) mass is 340 g/mol. The number of benzene rings is 3. The van der Waals surface area contributed by atoms with E-state index in [2.05, 4.69) is 48.6 Å². The highest BCUT2D eigenvalue weighted by Crippen LogP contribution is 2.31. The van der Waals surface area contributed by atoms with E-state index in [0.29, 0.717) is 0 Å². The van der Waals surface area contributed by atoms with Crippen molar-refractivity contribution in [2.24, 2.45) is 0 Å². The number of pyridine rings is 1. The normalized spacial score (nSPS) is 10.7. The summed E-state index contributed by atoms with van der Waals surface area (Å²) in [4.78, 5) is 4.84. The van der Waals surface area contributed by atoms with Gasteiger partial charge in [-0.15, -0.1) is 0 Å². The van der Waals surface area contributed by atoms with Gasteiger partial charge in [0.1, 0.15) is 5.75 Å². The first-order valence-corrected chi connectivity index (χ1v) is 8.61. The van der Waals surface area contributed by atoms with Gasteiger partial charge in [-0.25, -0.2) is 4.98 Å². The summed E-state index contributed by atoms with van der Waals surface area (Å²) in [5.41, 5.74) is 6.31. The van der Waals surface area contributed by atoms with Crippen molar-refractivity contribution < 1.29 is 4.74 Å². The van der Waals surface area contributed by atoms with E-state index in [4.69, 9.17) is 9.72 Å². The molecule has 0 aliphatic rings. The van der Waals surface area contributed by atoms with E-state index >= 15 is 0 Å². The molecule has 3 aromatic carbocycles.